The van der Waals surface area contributed by atoms with Gasteiger partial charge in [-0.25, -0.2) is 9.97 Å². The second-order valence-corrected chi connectivity index (χ2v) is 6.46. The van der Waals surface area contributed by atoms with Gasteiger partial charge >= 0.3 is 0 Å². The number of aromatic amines is 1. The summed E-state index contributed by atoms with van der Waals surface area (Å²) in [6, 6.07) is 9.50. The van der Waals surface area contributed by atoms with Gasteiger partial charge in [0.05, 0.1) is 5.39 Å². The Kier molecular flexibility index (Phi) is 3.61. The minimum atomic E-state index is -0.0332. The summed E-state index contributed by atoms with van der Waals surface area (Å²) in [5.74, 6) is 1.27. The Hall–Kier alpha value is -2.60. The van der Waals surface area contributed by atoms with Crippen molar-refractivity contribution in [2.75, 3.05) is 24.5 Å². The lowest BCUT2D eigenvalue weighted by atomic mass is 9.73. The number of nitrogens with two attached hydrogens (primary N) is 1. The summed E-state index contributed by atoms with van der Waals surface area (Å²) in [6.45, 7) is 2.40. The second-order valence-electron chi connectivity index (χ2n) is 6.46. The fourth-order valence-corrected chi connectivity index (χ4v) is 3.68. The number of aromatic nitrogens is 3. The zero-order valence-corrected chi connectivity index (χ0v) is 13.4. The van der Waals surface area contributed by atoms with Gasteiger partial charge in [-0.05, 0) is 36.6 Å². The molecule has 0 aliphatic carbocycles. The van der Waals surface area contributed by atoms with Crippen molar-refractivity contribution in [1.29, 1.82) is 0 Å². The molecule has 0 spiro atoms. The fraction of sp³-hybridized carbons (Fsp3) is 0.333. The maximum atomic E-state index is 9.53. The third kappa shape index (κ3) is 2.39. The molecule has 0 amide bonds. The number of anilines is 1. The monoisotopic (exact) mass is 323 g/mol. The summed E-state index contributed by atoms with van der Waals surface area (Å²) in [4.78, 5) is 14.2. The Balaban J connectivity index is 1.59. The molecule has 1 aromatic carbocycles. The van der Waals surface area contributed by atoms with E-state index in [1.807, 2.05) is 24.4 Å². The lowest BCUT2D eigenvalue weighted by Crippen LogP contribution is -2.47. The van der Waals surface area contributed by atoms with Crippen LogP contribution in [0.2, 0.25) is 0 Å². The zero-order chi connectivity index (χ0) is 16.6. The number of benzene rings is 1. The first-order chi connectivity index (χ1) is 11.7. The Labute approximate surface area is 140 Å². The molecule has 6 heteroatoms. The Morgan fingerprint density at radius 3 is 2.58 bits per heavy atom. The van der Waals surface area contributed by atoms with Crippen LogP contribution in [0.5, 0.6) is 5.75 Å². The number of rotatable bonds is 3. The van der Waals surface area contributed by atoms with E-state index >= 15 is 0 Å². The van der Waals surface area contributed by atoms with E-state index in [0.29, 0.717) is 12.3 Å². The van der Waals surface area contributed by atoms with Crippen LogP contribution in [0.15, 0.2) is 42.9 Å². The predicted molar refractivity (Wildman–Crippen MR) is 94.2 cm³/mol. The third-order valence-corrected chi connectivity index (χ3v) is 5.22. The van der Waals surface area contributed by atoms with Crippen LogP contribution in [0.3, 0.4) is 0 Å². The number of piperidine rings is 1. The largest absolute Gasteiger partial charge is 0.508 e. The molecule has 24 heavy (non-hydrogen) atoms. The summed E-state index contributed by atoms with van der Waals surface area (Å²) in [7, 11) is 0. The summed E-state index contributed by atoms with van der Waals surface area (Å²) in [5.41, 5.74) is 8.20. The standard InChI is InChI=1S/C18H21N5O/c19-11-18(13-1-3-14(24)4-2-13)6-9-23(10-7-18)17-15-5-8-20-16(15)21-12-22-17/h1-5,8,12,24H,6-7,9-11,19H2,(H,20,21,22). The van der Waals surface area contributed by atoms with Crippen LogP contribution < -0.4 is 10.6 Å². The number of hydrogen-bond acceptors (Lipinski definition) is 5. The molecule has 1 fully saturated rings. The molecule has 3 heterocycles. The first-order valence-corrected chi connectivity index (χ1v) is 8.24. The highest BCUT2D eigenvalue weighted by molar-refractivity contribution is 5.87. The lowest BCUT2D eigenvalue weighted by molar-refractivity contribution is 0.339. The molecule has 0 unspecified atom stereocenters. The topological polar surface area (TPSA) is 91.1 Å². The number of phenolic OH excluding ortho intramolecular Hbond substituents is 1. The second kappa shape index (κ2) is 5.79. The molecular formula is C18H21N5O. The van der Waals surface area contributed by atoms with Crippen molar-refractivity contribution >= 4 is 16.9 Å². The SMILES string of the molecule is NCC1(c2ccc(O)cc2)CCN(c2ncnc3[nH]ccc23)CC1. The Bertz CT molecular complexity index is 834. The van der Waals surface area contributed by atoms with Crippen LogP contribution in [-0.2, 0) is 5.41 Å². The molecule has 6 nitrogen and oxygen atoms in total. The normalized spacial score (nSPS) is 17.3. The van der Waals surface area contributed by atoms with Crippen molar-refractivity contribution in [2.45, 2.75) is 18.3 Å². The highest BCUT2D eigenvalue weighted by Crippen LogP contribution is 2.37. The molecule has 0 bridgehead atoms. The fourth-order valence-electron chi connectivity index (χ4n) is 3.68. The molecule has 3 aromatic rings. The summed E-state index contributed by atoms with van der Waals surface area (Å²) in [5, 5.41) is 10.6. The molecule has 4 rings (SSSR count). The van der Waals surface area contributed by atoms with Crippen LogP contribution in [0.1, 0.15) is 18.4 Å². The van der Waals surface area contributed by atoms with Crippen LogP contribution in [0.25, 0.3) is 11.0 Å². The summed E-state index contributed by atoms with van der Waals surface area (Å²) < 4.78 is 0. The molecule has 4 N–H and O–H groups in total. The molecule has 0 radical (unpaired) electrons. The van der Waals surface area contributed by atoms with Crippen molar-refractivity contribution in [3.63, 3.8) is 0 Å². The van der Waals surface area contributed by atoms with Crippen LogP contribution >= 0.6 is 0 Å². The van der Waals surface area contributed by atoms with Crippen molar-refractivity contribution in [2.24, 2.45) is 5.73 Å². The van der Waals surface area contributed by atoms with Gasteiger partial charge in [-0.2, -0.15) is 0 Å². The van der Waals surface area contributed by atoms with Gasteiger partial charge in [-0.3, -0.25) is 0 Å². The van der Waals surface area contributed by atoms with E-state index in [-0.39, 0.29) is 5.41 Å². The highest BCUT2D eigenvalue weighted by Gasteiger charge is 2.35. The van der Waals surface area contributed by atoms with Crippen molar-refractivity contribution in [1.82, 2.24) is 15.0 Å². The molecular weight excluding hydrogens is 302 g/mol. The van der Waals surface area contributed by atoms with Gasteiger partial charge in [-0.1, -0.05) is 12.1 Å². The quantitative estimate of drug-likeness (QED) is 0.687. The molecule has 124 valence electrons. The number of H-pyrrole nitrogens is 1. The molecule has 0 saturated carbocycles. The number of nitrogens with one attached hydrogen (secondary N) is 1. The van der Waals surface area contributed by atoms with Gasteiger partial charge in [0.15, 0.2) is 0 Å². The number of aromatic hydroxyl groups is 1. The molecule has 2 aromatic heterocycles. The van der Waals surface area contributed by atoms with Crippen LogP contribution in [0.4, 0.5) is 5.82 Å². The van der Waals surface area contributed by atoms with Gasteiger partial charge in [-0.15, -0.1) is 0 Å². The van der Waals surface area contributed by atoms with Crippen LogP contribution in [-0.4, -0.2) is 39.7 Å². The number of nitrogens with zero attached hydrogens (tertiary/aromatic N) is 3. The first kappa shape index (κ1) is 15.0. The lowest BCUT2D eigenvalue weighted by Gasteiger charge is -2.42. The number of phenols is 1. The van der Waals surface area contributed by atoms with E-state index in [9.17, 15) is 5.11 Å². The van der Waals surface area contributed by atoms with E-state index < -0.39 is 0 Å². The highest BCUT2D eigenvalue weighted by atomic mass is 16.3. The van der Waals surface area contributed by atoms with Crippen molar-refractivity contribution in [3.05, 3.63) is 48.4 Å². The van der Waals surface area contributed by atoms with Crippen molar-refractivity contribution in [3.8, 4) is 5.75 Å². The van der Waals surface area contributed by atoms with E-state index in [2.05, 4.69) is 19.9 Å². The smallest absolute Gasteiger partial charge is 0.142 e. The Morgan fingerprint density at radius 1 is 1.12 bits per heavy atom. The maximum Gasteiger partial charge on any atom is 0.142 e. The minimum absolute atomic E-state index is 0.0332. The molecule has 1 aliphatic heterocycles. The molecule has 1 saturated heterocycles. The van der Waals surface area contributed by atoms with Gasteiger partial charge in [0, 0.05) is 31.2 Å². The zero-order valence-electron chi connectivity index (χ0n) is 13.4. The van der Waals surface area contributed by atoms with Gasteiger partial charge in [0.2, 0.25) is 0 Å². The van der Waals surface area contributed by atoms with E-state index in [1.54, 1.807) is 18.5 Å². The first-order valence-electron chi connectivity index (χ1n) is 8.24. The van der Waals surface area contributed by atoms with Gasteiger partial charge in [0.1, 0.15) is 23.5 Å². The maximum absolute atomic E-state index is 9.53. The molecule has 1 aliphatic rings. The van der Waals surface area contributed by atoms with Crippen molar-refractivity contribution < 1.29 is 5.11 Å². The average Bonchev–Trinajstić information content (AvgIpc) is 3.11. The minimum Gasteiger partial charge on any atom is -0.508 e. The van der Waals surface area contributed by atoms with E-state index in [4.69, 9.17) is 5.73 Å². The average molecular weight is 323 g/mol. The number of hydrogen-bond donors (Lipinski definition) is 3. The van der Waals surface area contributed by atoms with E-state index in [1.165, 1.54) is 5.56 Å². The Morgan fingerprint density at radius 2 is 1.88 bits per heavy atom. The molecule has 0 atom stereocenters. The summed E-state index contributed by atoms with van der Waals surface area (Å²) >= 11 is 0. The van der Waals surface area contributed by atoms with E-state index in [0.717, 1.165) is 42.8 Å². The van der Waals surface area contributed by atoms with Gasteiger partial charge in [0.25, 0.3) is 0 Å². The third-order valence-electron chi connectivity index (χ3n) is 5.22. The predicted octanol–water partition coefficient (Wildman–Crippen LogP) is 2.16. The number of fused-ring (bicyclic) bond motifs is 1. The van der Waals surface area contributed by atoms with Gasteiger partial charge < -0.3 is 20.7 Å². The van der Waals surface area contributed by atoms with Crippen LogP contribution in [0, 0.1) is 0 Å². The summed E-state index contributed by atoms with van der Waals surface area (Å²) in [6.07, 6.45) is 5.43.